The Morgan fingerprint density at radius 1 is 1.53 bits per heavy atom. The Balaban J connectivity index is 2.59. The van der Waals surface area contributed by atoms with E-state index in [9.17, 15) is 5.26 Å². The summed E-state index contributed by atoms with van der Waals surface area (Å²) in [5.74, 6) is 0.514. The van der Waals surface area contributed by atoms with Crippen molar-refractivity contribution in [3.63, 3.8) is 0 Å². The van der Waals surface area contributed by atoms with E-state index in [1.54, 1.807) is 7.11 Å². The van der Waals surface area contributed by atoms with Crippen LogP contribution in [0.3, 0.4) is 0 Å². The van der Waals surface area contributed by atoms with Crippen molar-refractivity contribution in [1.29, 1.82) is 5.26 Å². The number of rotatable bonds is 8. The van der Waals surface area contributed by atoms with E-state index in [0.717, 1.165) is 13.1 Å². The molecule has 1 rings (SSSR count). The van der Waals surface area contributed by atoms with Crippen LogP contribution >= 0.6 is 0 Å². The highest BCUT2D eigenvalue weighted by atomic mass is 16.5. The van der Waals surface area contributed by atoms with Gasteiger partial charge in [0, 0.05) is 26.2 Å². The zero-order valence-corrected chi connectivity index (χ0v) is 11.5. The Morgan fingerprint density at radius 2 is 2.18 bits per heavy atom. The number of nitrogens with zero attached hydrogens (tertiary/aromatic N) is 2. The smallest absolute Gasteiger partial charge is 0.122 e. The number of methoxy groups -OCH3 is 1. The van der Waals surface area contributed by atoms with E-state index >= 15 is 0 Å². The number of likely N-dealkylation sites (N-methyl/N-ethyl adjacent to an activating group) is 1. The van der Waals surface area contributed by atoms with Crippen molar-refractivity contribution in [3.05, 3.63) is 0 Å². The van der Waals surface area contributed by atoms with Gasteiger partial charge in [-0.3, -0.25) is 5.32 Å². The van der Waals surface area contributed by atoms with Gasteiger partial charge in [0.2, 0.25) is 0 Å². The van der Waals surface area contributed by atoms with Gasteiger partial charge in [-0.1, -0.05) is 0 Å². The molecule has 4 heteroatoms. The largest absolute Gasteiger partial charge is 0.383 e. The van der Waals surface area contributed by atoms with E-state index in [0.29, 0.717) is 18.6 Å². The van der Waals surface area contributed by atoms with Crippen molar-refractivity contribution < 1.29 is 4.74 Å². The van der Waals surface area contributed by atoms with Gasteiger partial charge in [-0.15, -0.1) is 0 Å². The van der Waals surface area contributed by atoms with Gasteiger partial charge in [-0.2, -0.15) is 5.26 Å². The Hall–Kier alpha value is -0.630. The molecule has 1 saturated carbocycles. The van der Waals surface area contributed by atoms with Crippen LogP contribution in [0.2, 0.25) is 0 Å². The van der Waals surface area contributed by atoms with Crippen LogP contribution in [0.5, 0.6) is 0 Å². The maximum atomic E-state index is 9.54. The van der Waals surface area contributed by atoms with E-state index in [-0.39, 0.29) is 5.54 Å². The van der Waals surface area contributed by atoms with Gasteiger partial charge in [0.1, 0.15) is 5.54 Å². The summed E-state index contributed by atoms with van der Waals surface area (Å²) in [5, 5.41) is 13.0. The molecule has 0 aliphatic heterocycles. The lowest BCUT2D eigenvalue weighted by Crippen LogP contribution is -2.56. The molecule has 0 radical (unpaired) electrons. The van der Waals surface area contributed by atoms with Gasteiger partial charge >= 0.3 is 0 Å². The predicted molar refractivity (Wildman–Crippen MR) is 68.7 cm³/mol. The van der Waals surface area contributed by atoms with Crippen LogP contribution in [-0.2, 0) is 4.74 Å². The Kier molecular flexibility index (Phi) is 5.38. The molecule has 0 spiro atoms. The second kappa shape index (κ2) is 6.34. The molecular formula is C13H25N3O. The monoisotopic (exact) mass is 239 g/mol. The third kappa shape index (κ3) is 4.27. The molecule has 1 aliphatic rings. The number of hydrogen-bond acceptors (Lipinski definition) is 4. The predicted octanol–water partition coefficient (Wildman–Crippen LogP) is 1.23. The number of nitriles is 1. The third-order valence-corrected chi connectivity index (χ3v) is 3.22. The van der Waals surface area contributed by atoms with Crippen molar-refractivity contribution >= 4 is 0 Å². The molecule has 0 aromatic rings. The molecule has 0 amide bonds. The molecule has 98 valence electrons. The van der Waals surface area contributed by atoms with E-state index in [1.807, 2.05) is 0 Å². The van der Waals surface area contributed by atoms with Gasteiger partial charge in [0.25, 0.3) is 0 Å². The quantitative estimate of drug-likeness (QED) is 0.692. The van der Waals surface area contributed by atoms with Gasteiger partial charge in [0.15, 0.2) is 0 Å². The summed E-state index contributed by atoms with van der Waals surface area (Å²) in [4.78, 5) is 2.18. The van der Waals surface area contributed by atoms with Gasteiger partial charge in [-0.25, -0.2) is 0 Å². The molecule has 0 bridgehead atoms. The van der Waals surface area contributed by atoms with Gasteiger partial charge < -0.3 is 9.64 Å². The van der Waals surface area contributed by atoms with Crippen LogP contribution in [0, 0.1) is 17.2 Å². The van der Waals surface area contributed by atoms with Crippen LogP contribution < -0.4 is 5.32 Å². The maximum Gasteiger partial charge on any atom is 0.122 e. The molecule has 0 aromatic heterocycles. The normalized spacial score (nSPS) is 19.4. The Bertz CT molecular complexity index is 270. The molecular weight excluding hydrogens is 214 g/mol. The number of ether oxygens (including phenoxy) is 1. The Morgan fingerprint density at radius 3 is 2.59 bits per heavy atom. The molecule has 1 aliphatic carbocycles. The topological polar surface area (TPSA) is 48.3 Å². The minimum Gasteiger partial charge on any atom is -0.383 e. The fraction of sp³-hybridized carbons (Fsp3) is 0.923. The van der Waals surface area contributed by atoms with Crippen molar-refractivity contribution in [2.45, 2.75) is 38.3 Å². The lowest BCUT2D eigenvalue weighted by molar-refractivity contribution is 0.141. The van der Waals surface area contributed by atoms with Gasteiger partial charge in [0.05, 0.1) is 12.7 Å². The highest BCUT2D eigenvalue weighted by molar-refractivity contribution is 5.17. The van der Waals surface area contributed by atoms with Crippen LogP contribution in [0.15, 0.2) is 0 Å². The van der Waals surface area contributed by atoms with Crippen molar-refractivity contribution in [1.82, 2.24) is 10.2 Å². The molecule has 1 N–H and O–H groups in total. The summed E-state index contributed by atoms with van der Waals surface area (Å²) in [6.45, 7) is 6.56. The lowest BCUT2D eigenvalue weighted by atomic mass is 9.93. The second-order valence-corrected chi connectivity index (χ2v) is 5.39. The van der Waals surface area contributed by atoms with Crippen molar-refractivity contribution in [3.8, 4) is 6.07 Å². The van der Waals surface area contributed by atoms with Crippen molar-refractivity contribution in [2.75, 3.05) is 33.9 Å². The second-order valence-electron chi connectivity index (χ2n) is 5.39. The first-order chi connectivity index (χ1) is 8.04. The molecule has 1 fully saturated rings. The molecule has 1 unspecified atom stereocenters. The fourth-order valence-electron chi connectivity index (χ4n) is 2.29. The number of hydrogen-bond donors (Lipinski definition) is 1. The standard InChI is InChI=1S/C13H25N3O/c1-11(2)15-13(9-14,12-5-6-12)10-16(3)7-8-17-4/h11-12,15H,5-8,10H2,1-4H3. The van der Waals surface area contributed by atoms with Crippen LogP contribution in [0.1, 0.15) is 26.7 Å². The minimum atomic E-state index is -0.378. The van der Waals surface area contributed by atoms with E-state index in [2.05, 4.69) is 37.2 Å². The van der Waals surface area contributed by atoms with Crippen LogP contribution in [-0.4, -0.2) is 50.3 Å². The highest BCUT2D eigenvalue weighted by Crippen LogP contribution is 2.40. The zero-order valence-electron chi connectivity index (χ0n) is 11.5. The van der Waals surface area contributed by atoms with Crippen molar-refractivity contribution in [2.24, 2.45) is 5.92 Å². The molecule has 1 atom stereocenters. The van der Waals surface area contributed by atoms with E-state index in [1.165, 1.54) is 12.8 Å². The SMILES string of the molecule is COCCN(C)CC(C#N)(NC(C)C)C1CC1. The molecule has 0 aromatic carbocycles. The summed E-state index contributed by atoms with van der Waals surface area (Å²) in [7, 11) is 3.76. The first-order valence-corrected chi connectivity index (χ1v) is 6.40. The maximum absolute atomic E-state index is 9.54. The Labute approximate surface area is 105 Å². The number of nitrogens with one attached hydrogen (secondary N) is 1. The lowest BCUT2D eigenvalue weighted by Gasteiger charge is -2.34. The summed E-state index contributed by atoms with van der Waals surface area (Å²) < 4.78 is 5.07. The van der Waals surface area contributed by atoms with Crippen LogP contribution in [0.4, 0.5) is 0 Å². The molecule has 0 heterocycles. The van der Waals surface area contributed by atoms with Crippen LogP contribution in [0.25, 0.3) is 0 Å². The third-order valence-electron chi connectivity index (χ3n) is 3.22. The molecule has 4 nitrogen and oxygen atoms in total. The van der Waals surface area contributed by atoms with E-state index < -0.39 is 0 Å². The fourth-order valence-corrected chi connectivity index (χ4v) is 2.29. The first-order valence-electron chi connectivity index (χ1n) is 6.40. The molecule has 0 saturated heterocycles. The summed E-state index contributed by atoms with van der Waals surface area (Å²) in [6, 6.07) is 2.86. The van der Waals surface area contributed by atoms with Gasteiger partial charge in [-0.05, 0) is 39.7 Å². The zero-order chi connectivity index (χ0) is 12.9. The van der Waals surface area contributed by atoms with E-state index in [4.69, 9.17) is 4.74 Å². The highest BCUT2D eigenvalue weighted by Gasteiger charge is 2.46. The first kappa shape index (κ1) is 14.4. The minimum absolute atomic E-state index is 0.339. The summed E-state index contributed by atoms with van der Waals surface area (Å²) in [6.07, 6.45) is 2.34. The average molecular weight is 239 g/mol. The summed E-state index contributed by atoms with van der Waals surface area (Å²) in [5.41, 5.74) is -0.378. The summed E-state index contributed by atoms with van der Waals surface area (Å²) >= 11 is 0. The average Bonchev–Trinajstić information content (AvgIpc) is 3.08. The molecule has 17 heavy (non-hydrogen) atoms.